The normalized spacial score (nSPS) is 12.8. The summed E-state index contributed by atoms with van der Waals surface area (Å²) in [4.78, 5) is 38.4. The molecule has 0 fully saturated rings. The van der Waals surface area contributed by atoms with Crippen LogP contribution in [-0.2, 0) is 28.6 Å². The number of allylic oxidation sites excluding steroid dienone is 18. The van der Waals surface area contributed by atoms with Gasteiger partial charge in [0.1, 0.15) is 13.2 Å². The van der Waals surface area contributed by atoms with E-state index in [2.05, 4.69) is 130 Å². The molecule has 0 aliphatic heterocycles. The van der Waals surface area contributed by atoms with Crippen LogP contribution in [-0.4, -0.2) is 37.2 Å². The molecule has 0 amide bonds. The summed E-state index contributed by atoms with van der Waals surface area (Å²) in [5, 5.41) is 0. The van der Waals surface area contributed by atoms with Gasteiger partial charge in [-0.2, -0.15) is 0 Å². The minimum absolute atomic E-state index is 0.0828. The van der Waals surface area contributed by atoms with E-state index in [1.54, 1.807) is 0 Å². The first kappa shape index (κ1) is 79.1. The molecule has 0 N–H and O–H groups in total. The van der Waals surface area contributed by atoms with Gasteiger partial charge in [0.2, 0.25) is 0 Å². The van der Waals surface area contributed by atoms with E-state index in [9.17, 15) is 14.4 Å². The van der Waals surface area contributed by atoms with Gasteiger partial charge in [0.15, 0.2) is 6.10 Å². The molecule has 0 heterocycles. The lowest BCUT2D eigenvalue weighted by molar-refractivity contribution is -0.167. The maximum Gasteiger partial charge on any atom is 0.306 e. The van der Waals surface area contributed by atoms with Crippen molar-refractivity contribution in [1.82, 2.24) is 0 Å². The fourth-order valence-electron chi connectivity index (χ4n) is 9.95. The number of carbonyl (C=O) groups is 3. The highest BCUT2D eigenvalue weighted by atomic mass is 16.6. The Labute approximate surface area is 514 Å². The van der Waals surface area contributed by atoms with Gasteiger partial charge < -0.3 is 14.2 Å². The van der Waals surface area contributed by atoms with Crippen LogP contribution in [0.5, 0.6) is 0 Å². The number of hydrogen-bond acceptors (Lipinski definition) is 6. The first-order chi connectivity index (χ1) is 41.0. The molecule has 0 rings (SSSR count). The van der Waals surface area contributed by atoms with E-state index in [-0.39, 0.29) is 31.1 Å². The molecule has 0 aromatic heterocycles. The SMILES string of the molecule is CC/C=C\C/C=C\C/C=C\C/C=C\C/C=C\CCCCCCCCCCCCCCCCCCCCCC(=O)OCC(COC(=O)CCCCCCC/C=C\C/C=C\CCC)OC(=O)CCCCCCCCC/C=C\C/C=C\CCCCC. The highest BCUT2D eigenvalue weighted by molar-refractivity contribution is 5.71. The van der Waals surface area contributed by atoms with Crippen LogP contribution in [0.15, 0.2) is 109 Å². The Morgan fingerprint density at radius 3 is 0.783 bits per heavy atom. The minimum Gasteiger partial charge on any atom is -0.462 e. The van der Waals surface area contributed by atoms with Crippen LogP contribution in [0.2, 0.25) is 0 Å². The quantitative estimate of drug-likeness (QED) is 0.0261. The first-order valence-electron chi connectivity index (χ1n) is 35.4. The second-order valence-electron chi connectivity index (χ2n) is 23.4. The molecular weight excluding hydrogens is 1020 g/mol. The number of rotatable bonds is 64. The second kappa shape index (κ2) is 70.6. The van der Waals surface area contributed by atoms with Crippen molar-refractivity contribution in [3.63, 3.8) is 0 Å². The summed E-state index contributed by atoms with van der Waals surface area (Å²) in [5.74, 6) is -0.892. The van der Waals surface area contributed by atoms with E-state index in [0.717, 1.165) is 135 Å². The van der Waals surface area contributed by atoms with Crippen molar-refractivity contribution in [3.05, 3.63) is 109 Å². The van der Waals surface area contributed by atoms with Crippen molar-refractivity contribution >= 4 is 17.9 Å². The summed E-state index contributed by atoms with van der Waals surface area (Å²) in [7, 11) is 0. The molecule has 6 heteroatoms. The molecular formula is C77H132O6. The average molecular weight is 1150 g/mol. The Kier molecular flexibility index (Phi) is 67.2. The second-order valence-corrected chi connectivity index (χ2v) is 23.4. The number of unbranched alkanes of at least 4 members (excludes halogenated alkanes) is 35. The number of esters is 3. The predicted octanol–water partition coefficient (Wildman–Crippen LogP) is 24.6. The van der Waals surface area contributed by atoms with Crippen LogP contribution in [0, 0.1) is 0 Å². The third-order valence-electron chi connectivity index (χ3n) is 15.2. The number of hydrogen-bond donors (Lipinski definition) is 0. The summed E-state index contributed by atoms with van der Waals surface area (Å²) in [5.41, 5.74) is 0. The summed E-state index contributed by atoms with van der Waals surface area (Å²) in [6.45, 7) is 6.45. The van der Waals surface area contributed by atoms with E-state index < -0.39 is 6.10 Å². The first-order valence-corrected chi connectivity index (χ1v) is 35.4. The summed E-state index contributed by atoms with van der Waals surface area (Å²) in [6.07, 6.45) is 97.0. The molecule has 1 atom stereocenters. The molecule has 0 bridgehead atoms. The van der Waals surface area contributed by atoms with Gasteiger partial charge in [-0.1, -0.05) is 310 Å². The van der Waals surface area contributed by atoms with Crippen LogP contribution >= 0.6 is 0 Å². The van der Waals surface area contributed by atoms with Crippen molar-refractivity contribution in [2.24, 2.45) is 0 Å². The predicted molar refractivity (Wildman–Crippen MR) is 362 cm³/mol. The Balaban J connectivity index is 4.15. The van der Waals surface area contributed by atoms with Gasteiger partial charge in [0, 0.05) is 19.3 Å². The Morgan fingerprint density at radius 2 is 0.494 bits per heavy atom. The third kappa shape index (κ3) is 68.7. The molecule has 6 nitrogen and oxygen atoms in total. The minimum atomic E-state index is -0.788. The van der Waals surface area contributed by atoms with Crippen LogP contribution < -0.4 is 0 Å². The van der Waals surface area contributed by atoms with E-state index in [1.165, 1.54) is 167 Å². The fraction of sp³-hybridized carbons (Fsp3) is 0.727. The highest BCUT2D eigenvalue weighted by Gasteiger charge is 2.19. The zero-order chi connectivity index (χ0) is 59.9. The number of ether oxygens (including phenoxy) is 3. The zero-order valence-electron chi connectivity index (χ0n) is 54.7. The van der Waals surface area contributed by atoms with Gasteiger partial charge in [0.25, 0.3) is 0 Å². The molecule has 476 valence electrons. The topological polar surface area (TPSA) is 78.9 Å². The van der Waals surface area contributed by atoms with Gasteiger partial charge in [-0.15, -0.1) is 0 Å². The van der Waals surface area contributed by atoms with Crippen LogP contribution in [0.1, 0.15) is 342 Å². The molecule has 0 aliphatic rings. The average Bonchev–Trinajstić information content (AvgIpc) is 3.49. The summed E-state index contributed by atoms with van der Waals surface area (Å²) < 4.78 is 16.9. The van der Waals surface area contributed by atoms with E-state index in [1.807, 2.05) is 0 Å². The molecule has 0 saturated carbocycles. The van der Waals surface area contributed by atoms with Crippen molar-refractivity contribution in [2.45, 2.75) is 348 Å². The fourth-order valence-corrected chi connectivity index (χ4v) is 9.95. The van der Waals surface area contributed by atoms with Crippen molar-refractivity contribution < 1.29 is 28.6 Å². The highest BCUT2D eigenvalue weighted by Crippen LogP contribution is 2.17. The zero-order valence-corrected chi connectivity index (χ0v) is 54.7. The molecule has 0 aromatic carbocycles. The Bertz CT molecular complexity index is 1660. The van der Waals surface area contributed by atoms with E-state index >= 15 is 0 Å². The molecule has 0 radical (unpaired) electrons. The standard InChI is InChI=1S/C77H132O6/c1-4-7-10-13-16-19-22-25-27-29-30-31-32-33-34-35-36-37-38-39-40-41-42-43-44-45-46-48-49-52-55-58-61-64-67-70-76(79)82-73-74(72-81-75(78)69-66-63-60-57-54-51-24-21-18-15-12-9-6-3)83-77(80)71-68-65-62-59-56-53-50-47-28-26-23-20-17-14-11-8-5-2/h7,10,12,15-17,19-21,24-28,30-31,33-34,74H,4-6,8-9,11,13-14,18,22-23,29,32,35-73H2,1-3H3/b10-7-,15-12-,19-16-,20-17-,24-21-,27-25-,28-26-,31-30-,34-33-. The van der Waals surface area contributed by atoms with Crippen LogP contribution in [0.4, 0.5) is 0 Å². The van der Waals surface area contributed by atoms with E-state index in [0.29, 0.717) is 19.3 Å². The molecule has 0 aliphatic carbocycles. The van der Waals surface area contributed by atoms with Gasteiger partial charge in [-0.3, -0.25) is 14.4 Å². The van der Waals surface area contributed by atoms with Gasteiger partial charge in [-0.05, 0) is 122 Å². The van der Waals surface area contributed by atoms with Crippen LogP contribution in [0.3, 0.4) is 0 Å². The lowest BCUT2D eigenvalue weighted by atomic mass is 10.0. The van der Waals surface area contributed by atoms with Gasteiger partial charge >= 0.3 is 17.9 Å². The van der Waals surface area contributed by atoms with Crippen molar-refractivity contribution in [3.8, 4) is 0 Å². The Morgan fingerprint density at radius 1 is 0.253 bits per heavy atom. The van der Waals surface area contributed by atoms with Crippen molar-refractivity contribution in [2.75, 3.05) is 13.2 Å². The molecule has 0 saturated heterocycles. The lowest BCUT2D eigenvalue weighted by Crippen LogP contribution is -2.30. The monoisotopic (exact) mass is 1150 g/mol. The van der Waals surface area contributed by atoms with Crippen LogP contribution in [0.25, 0.3) is 0 Å². The molecule has 83 heavy (non-hydrogen) atoms. The maximum atomic E-state index is 12.9. The van der Waals surface area contributed by atoms with E-state index in [4.69, 9.17) is 14.2 Å². The van der Waals surface area contributed by atoms with Crippen molar-refractivity contribution in [1.29, 1.82) is 0 Å². The third-order valence-corrected chi connectivity index (χ3v) is 15.2. The largest absolute Gasteiger partial charge is 0.462 e. The maximum absolute atomic E-state index is 12.9. The molecule has 1 unspecified atom stereocenters. The Hall–Kier alpha value is -3.93. The molecule has 0 spiro atoms. The molecule has 0 aromatic rings. The number of carbonyl (C=O) groups excluding carboxylic acids is 3. The smallest absolute Gasteiger partial charge is 0.306 e. The van der Waals surface area contributed by atoms with Gasteiger partial charge in [-0.25, -0.2) is 0 Å². The summed E-state index contributed by atoms with van der Waals surface area (Å²) >= 11 is 0. The lowest BCUT2D eigenvalue weighted by Gasteiger charge is -2.18. The van der Waals surface area contributed by atoms with Gasteiger partial charge in [0.05, 0.1) is 0 Å². The summed E-state index contributed by atoms with van der Waals surface area (Å²) in [6, 6.07) is 0.